The summed E-state index contributed by atoms with van der Waals surface area (Å²) in [5.74, 6) is 0.953. The Kier molecular flexibility index (Phi) is 5.59. The van der Waals surface area contributed by atoms with Crippen molar-refractivity contribution in [3.8, 4) is 39.3 Å². The summed E-state index contributed by atoms with van der Waals surface area (Å²) < 4.78 is 9.70. The molecule has 9 rings (SSSR count). The molecule has 6 aromatic carbocycles. The van der Waals surface area contributed by atoms with Crippen molar-refractivity contribution in [3.05, 3.63) is 144 Å². The molecule has 0 amide bonds. The van der Waals surface area contributed by atoms with Crippen molar-refractivity contribution in [2.45, 2.75) is 6.92 Å². The lowest BCUT2D eigenvalue weighted by Gasteiger charge is -2.11. The number of hydrogen-bond acceptors (Lipinski definition) is 3. The number of imidazole rings is 1. The van der Waals surface area contributed by atoms with Crippen LogP contribution in [-0.4, -0.2) is 9.55 Å². The third kappa shape index (κ3) is 3.99. The zero-order valence-electron chi connectivity index (χ0n) is 24.0. The van der Waals surface area contributed by atoms with Crippen LogP contribution < -0.4 is 0 Å². The standard InChI is InChI=1S/C40H26N2OS/c1-25-11-18-31-32-22-28(14-19-37(32)43-38(31)21-25)29-15-20-39-33(23-29)34(24-44-39)40-41-35-9-5-6-10-36(35)42(40)30-16-12-27(13-17-30)26-7-3-2-4-8-26/h2-24H,1H3. The van der Waals surface area contributed by atoms with E-state index in [1.54, 1.807) is 11.3 Å². The van der Waals surface area contributed by atoms with E-state index in [2.05, 4.69) is 150 Å². The second-order valence-electron chi connectivity index (χ2n) is 11.3. The summed E-state index contributed by atoms with van der Waals surface area (Å²) >= 11 is 1.76. The maximum atomic E-state index is 6.17. The molecule has 0 saturated heterocycles. The molecule has 208 valence electrons. The zero-order chi connectivity index (χ0) is 29.2. The maximum absolute atomic E-state index is 6.17. The number of hydrogen-bond donors (Lipinski definition) is 0. The quantitative estimate of drug-likeness (QED) is 0.207. The van der Waals surface area contributed by atoms with Gasteiger partial charge in [-0.2, -0.15) is 0 Å². The summed E-state index contributed by atoms with van der Waals surface area (Å²) in [4.78, 5) is 5.20. The molecule has 4 heteroatoms. The number of nitrogens with zero attached hydrogens (tertiary/aromatic N) is 2. The van der Waals surface area contributed by atoms with Crippen LogP contribution in [0, 0.1) is 6.92 Å². The summed E-state index contributed by atoms with van der Waals surface area (Å²) in [5.41, 5.74) is 12.1. The van der Waals surface area contributed by atoms with E-state index in [9.17, 15) is 0 Å². The number of benzene rings is 6. The Hall–Kier alpha value is -5.45. The molecule has 0 radical (unpaired) electrons. The van der Waals surface area contributed by atoms with Gasteiger partial charge in [0.2, 0.25) is 0 Å². The van der Waals surface area contributed by atoms with Crippen LogP contribution in [-0.2, 0) is 0 Å². The molecule has 0 unspecified atom stereocenters. The first-order chi connectivity index (χ1) is 21.7. The van der Waals surface area contributed by atoms with Crippen molar-refractivity contribution >= 4 is 54.4 Å². The molecule has 0 aliphatic rings. The number of aryl methyl sites for hydroxylation is 1. The van der Waals surface area contributed by atoms with E-state index in [4.69, 9.17) is 9.40 Å². The van der Waals surface area contributed by atoms with E-state index in [-0.39, 0.29) is 0 Å². The number of furan rings is 1. The van der Waals surface area contributed by atoms with Crippen LogP contribution in [0.4, 0.5) is 0 Å². The molecule has 0 aliphatic carbocycles. The van der Waals surface area contributed by atoms with Crippen LogP contribution in [0.2, 0.25) is 0 Å². The summed E-state index contributed by atoms with van der Waals surface area (Å²) in [6.07, 6.45) is 0. The predicted molar refractivity (Wildman–Crippen MR) is 185 cm³/mol. The molecule has 3 aromatic heterocycles. The van der Waals surface area contributed by atoms with E-state index in [1.807, 2.05) is 0 Å². The van der Waals surface area contributed by atoms with Gasteiger partial charge in [-0.1, -0.05) is 78.9 Å². The van der Waals surface area contributed by atoms with Crippen molar-refractivity contribution < 1.29 is 4.42 Å². The summed E-state index contributed by atoms with van der Waals surface area (Å²) in [6, 6.07) is 47.4. The molecule has 44 heavy (non-hydrogen) atoms. The molecular formula is C40H26N2OS. The topological polar surface area (TPSA) is 31.0 Å². The first kappa shape index (κ1) is 25.1. The van der Waals surface area contributed by atoms with Gasteiger partial charge in [-0.3, -0.25) is 4.57 Å². The van der Waals surface area contributed by atoms with E-state index in [0.29, 0.717) is 0 Å². The van der Waals surface area contributed by atoms with E-state index in [0.717, 1.165) is 50.0 Å². The van der Waals surface area contributed by atoms with Crippen molar-refractivity contribution in [3.63, 3.8) is 0 Å². The van der Waals surface area contributed by atoms with Crippen LogP contribution >= 0.6 is 11.3 Å². The fourth-order valence-electron chi connectivity index (χ4n) is 6.35. The number of thiophene rings is 1. The van der Waals surface area contributed by atoms with Gasteiger partial charge in [0.25, 0.3) is 0 Å². The SMILES string of the molecule is Cc1ccc2c(c1)oc1ccc(-c3ccc4scc(-c5nc6ccccc6n5-c5ccc(-c6ccccc6)cc5)c4c3)cc12. The third-order valence-electron chi connectivity index (χ3n) is 8.57. The second-order valence-corrected chi connectivity index (χ2v) is 12.3. The lowest BCUT2D eigenvalue weighted by atomic mass is 10.0. The van der Waals surface area contributed by atoms with Gasteiger partial charge in [-0.05, 0) is 89.3 Å². The minimum atomic E-state index is 0.915. The average Bonchev–Trinajstić information content (AvgIpc) is 3.77. The molecular weight excluding hydrogens is 557 g/mol. The number of aromatic nitrogens is 2. The van der Waals surface area contributed by atoms with Gasteiger partial charge in [-0.15, -0.1) is 11.3 Å². The molecule has 0 spiro atoms. The van der Waals surface area contributed by atoms with Gasteiger partial charge in [0.1, 0.15) is 17.0 Å². The van der Waals surface area contributed by atoms with Crippen LogP contribution in [0.25, 0.3) is 82.4 Å². The average molecular weight is 583 g/mol. The van der Waals surface area contributed by atoms with Gasteiger partial charge in [0.05, 0.1) is 11.0 Å². The maximum Gasteiger partial charge on any atom is 0.147 e. The predicted octanol–water partition coefficient (Wildman–Crippen LogP) is 11.4. The van der Waals surface area contributed by atoms with Crippen LogP contribution in [0.5, 0.6) is 0 Å². The van der Waals surface area contributed by atoms with Crippen LogP contribution in [0.15, 0.2) is 143 Å². The van der Waals surface area contributed by atoms with Crippen molar-refractivity contribution in [1.82, 2.24) is 9.55 Å². The fourth-order valence-corrected chi connectivity index (χ4v) is 7.27. The number of fused-ring (bicyclic) bond motifs is 5. The zero-order valence-corrected chi connectivity index (χ0v) is 24.8. The van der Waals surface area contributed by atoms with Gasteiger partial charge in [0.15, 0.2) is 0 Å². The third-order valence-corrected chi connectivity index (χ3v) is 9.53. The van der Waals surface area contributed by atoms with Gasteiger partial charge in [0, 0.05) is 37.5 Å². The Morgan fingerprint density at radius 2 is 1.32 bits per heavy atom. The first-order valence-corrected chi connectivity index (χ1v) is 15.7. The summed E-state index contributed by atoms with van der Waals surface area (Å²) in [7, 11) is 0. The van der Waals surface area contributed by atoms with E-state index >= 15 is 0 Å². The molecule has 0 fully saturated rings. The van der Waals surface area contributed by atoms with Gasteiger partial charge in [-0.25, -0.2) is 4.98 Å². The lowest BCUT2D eigenvalue weighted by Crippen LogP contribution is -1.97. The summed E-state index contributed by atoms with van der Waals surface area (Å²) in [5, 5.41) is 5.75. The second kappa shape index (κ2) is 9.80. The lowest BCUT2D eigenvalue weighted by molar-refractivity contribution is 0.668. The highest BCUT2D eigenvalue weighted by molar-refractivity contribution is 7.17. The minimum Gasteiger partial charge on any atom is -0.456 e. The number of para-hydroxylation sites is 2. The van der Waals surface area contributed by atoms with E-state index < -0.39 is 0 Å². The highest BCUT2D eigenvalue weighted by Crippen LogP contribution is 2.40. The number of rotatable bonds is 4. The van der Waals surface area contributed by atoms with Crippen molar-refractivity contribution in [2.24, 2.45) is 0 Å². The molecule has 3 nitrogen and oxygen atoms in total. The monoisotopic (exact) mass is 582 g/mol. The molecule has 3 heterocycles. The van der Waals surface area contributed by atoms with Crippen LogP contribution in [0.1, 0.15) is 5.56 Å². The van der Waals surface area contributed by atoms with Crippen molar-refractivity contribution in [2.75, 3.05) is 0 Å². The Balaban J connectivity index is 1.19. The summed E-state index contributed by atoms with van der Waals surface area (Å²) in [6.45, 7) is 2.10. The molecule has 0 saturated carbocycles. The van der Waals surface area contributed by atoms with Crippen LogP contribution in [0.3, 0.4) is 0 Å². The first-order valence-electron chi connectivity index (χ1n) is 14.8. The fraction of sp³-hybridized carbons (Fsp3) is 0.0250. The normalized spacial score (nSPS) is 11.8. The molecule has 0 bridgehead atoms. The van der Waals surface area contributed by atoms with E-state index in [1.165, 1.54) is 37.9 Å². The smallest absolute Gasteiger partial charge is 0.147 e. The highest BCUT2D eigenvalue weighted by atomic mass is 32.1. The molecule has 0 atom stereocenters. The Labute approximate surface area is 258 Å². The minimum absolute atomic E-state index is 0.915. The Morgan fingerprint density at radius 1 is 0.591 bits per heavy atom. The molecule has 0 aliphatic heterocycles. The molecule has 0 N–H and O–H groups in total. The van der Waals surface area contributed by atoms with Gasteiger partial charge < -0.3 is 4.42 Å². The highest BCUT2D eigenvalue weighted by Gasteiger charge is 2.18. The molecule has 9 aromatic rings. The Bertz CT molecular complexity index is 2500. The largest absolute Gasteiger partial charge is 0.456 e. The van der Waals surface area contributed by atoms with Gasteiger partial charge >= 0.3 is 0 Å². The van der Waals surface area contributed by atoms with Crippen molar-refractivity contribution in [1.29, 1.82) is 0 Å². The Morgan fingerprint density at radius 3 is 2.18 bits per heavy atom.